The number of aromatic amines is 2. The molecule has 1 fully saturated rings. The molecule has 8 rings (SSSR count). The van der Waals surface area contributed by atoms with Gasteiger partial charge in [0.2, 0.25) is 11.8 Å². The predicted molar refractivity (Wildman–Crippen MR) is 231 cm³/mol. The maximum absolute atomic E-state index is 13.8. The number of hydrogen-bond donors (Lipinski definition) is 3. The van der Waals surface area contributed by atoms with Gasteiger partial charge in [0.1, 0.15) is 0 Å². The highest BCUT2D eigenvalue weighted by atomic mass is 16.5. The molecule has 5 aromatic rings. The van der Waals surface area contributed by atoms with Crippen LogP contribution < -0.4 is 16.4 Å². The van der Waals surface area contributed by atoms with Crippen LogP contribution in [0.1, 0.15) is 39.7 Å². The molecule has 13 heteroatoms. The maximum Gasteiger partial charge on any atom is 0.256 e. The first kappa shape index (κ1) is 40.6. The Morgan fingerprint density at radius 2 is 1.32 bits per heavy atom. The molecule has 0 saturated carbocycles. The van der Waals surface area contributed by atoms with Crippen molar-refractivity contribution in [3.8, 4) is 0 Å². The number of nitrogens with one attached hydrogen (secondary N) is 3. The van der Waals surface area contributed by atoms with E-state index in [0.717, 1.165) is 78.0 Å². The van der Waals surface area contributed by atoms with Crippen LogP contribution in [0, 0.1) is 0 Å². The summed E-state index contributed by atoms with van der Waals surface area (Å²) in [5.74, 6) is 0.0689. The fourth-order valence-electron chi connectivity index (χ4n) is 8.88. The summed E-state index contributed by atoms with van der Waals surface area (Å²) in [5, 5.41) is 6.94. The number of rotatable bonds is 14. The normalized spacial score (nSPS) is 16.5. The summed E-state index contributed by atoms with van der Waals surface area (Å²) in [7, 11) is 4.09. The molecule has 3 aromatic carbocycles. The van der Waals surface area contributed by atoms with Gasteiger partial charge >= 0.3 is 0 Å². The Kier molecular flexibility index (Phi) is 12.7. The van der Waals surface area contributed by atoms with Crippen molar-refractivity contribution in [1.29, 1.82) is 0 Å². The SMILES string of the molecule is CN(C)CCN(CCc1cccc(C(CN2CCOCC2)NCC(=O)N2CCc3c([nH]c(=O)c4ccccc34)C2)c1)CC(=O)N1CCc2c([nH]c(=O)c3ccccc23)C1. The van der Waals surface area contributed by atoms with Crippen LogP contribution >= 0.6 is 0 Å². The fourth-order valence-corrected chi connectivity index (χ4v) is 8.88. The number of likely N-dealkylation sites (N-methyl/N-ethyl adjacent to an activating group) is 1. The number of ether oxygens (including phenoxy) is 1. The Hall–Kier alpha value is -5.18. The highest BCUT2D eigenvalue weighted by molar-refractivity contribution is 5.87. The van der Waals surface area contributed by atoms with E-state index in [2.05, 4.69) is 54.2 Å². The summed E-state index contributed by atoms with van der Waals surface area (Å²) in [5.41, 5.74) is 5.95. The number of carbonyl (C=O) groups excluding carboxylic acids is 2. The highest BCUT2D eigenvalue weighted by Gasteiger charge is 2.27. The van der Waals surface area contributed by atoms with Gasteiger partial charge in [0.05, 0.1) is 39.4 Å². The van der Waals surface area contributed by atoms with Gasteiger partial charge in [-0.05, 0) is 78.5 Å². The van der Waals surface area contributed by atoms with Gasteiger partial charge in [-0.2, -0.15) is 0 Å². The zero-order valence-corrected chi connectivity index (χ0v) is 34.3. The summed E-state index contributed by atoms with van der Waals surface area (Å²) in [6.45, 7) is 8.55. The molecule has 59 heavy (non-hydrogen) atoms. The van der Waals surface area contributed by atoms with Crippen molar-refractivity contribution in [2.45, 2.75) is 38.4 Å². The molecular weight excluding hydrogens is 745 g/mol. The van der Waals surface area contributed by atoms with E-state index in [1.165, 1.54) is 5.56 Å². The Morgan fingerprint density at radius 1 is 0.729 bits per heavy atom. The first-order chi connectivity index (χ1) is 28.7. The van der Waals surface area contributed by atoms with E-state index in [1.54, 1.807) is 0 Å². The number of carbonyl (C=O) groups is 2. The monoisotopic (exact) mass is 800 g/mol. The average Bonchev–Trinajstić information content (AvgIpc) is 3.26. The molecule has 1 saturated heterocycles. The molecule has 0 spiro atoms. The second-order valence-electron chi connectivity index (χ2n) is 16.5. The fraction of sp³-hybridized carbons (Fsp3) is 0.435. The smallest absolute Gasteiger partial charge is 0.256 e. The minimum absolute atomic E-state index is 0.00546. The summed E-state index contributed by atoms with van der Waals surface area (Å²) in [6, 6.07) is 23.9. The molecule has 2 aromatic heterocycles. The number of benzene rings is 3. The third-order valence-corrected chi connectivity index (χ3v) is 12.3. The van der Waals surface area contributed by atoms with E-state index in [4.69, 9.17) is 4.74 Å². The Bertz CT molecular complexity index is 2420. The molecule has 0 aliphatic carbocycles. The van der Waals surface area contributed by atoms with Gasteiger partial charge in [0, 0.05) is 80.6 Å². The largest absolute Gasteiger partial charge is 0.379 e. The van der Waals surface area contributed by atoms with Crippen molar-refractivity contribution < 1.29 is 14.3 Å². The minimum Gasteiger partial charge on any atom is -0.379 e. The van der Waals surface area contributed by atoms with E-state index in [1.807, 2.05) is 72.4 Å². The van der Waals surface area contributed by atoms with Crippen LogP contribution in [0.5, 0.6) is 0 Å². The van der Waals surface area contributed by atoms with Gasteiger partial charge in [0.15, 0.2) is 0 Å². The third-order valence-electron chi connectivity index (χ3n) is 12.3. The van der Waals surface area contributed by atoms with Gasteiger partial charge < -0.3 is 34.7 Å². The van der Waals surface area contributed by atoms with Gasteiger partial charge in [-0.3, -0.25) is 29.0 Å². The van der Waals surface area contributed by atoms with Crippen molar-refractivity contribution >= 4 is 33.4 Å². The first-order valence-corrected chi connectivity index (χ1v) is 21.0. The van der Waals surface area contributed by atoms with E-state index in [-0.39, 0.29) is 35.5 Å². The predicted octanol–water partition coefficient (Wildman–Crippen LogP) is 2.91. The van der Waals surface area contributed by atoms with Crippen LogP contribution in [0.4, 0.5) is 0 Å². The van der Waals surface area contributed by atoms with E-state index < -0.39 is 0 Å². The zero-order chi connectivity index (χ0) is 40.9. The topological polar surface area (TPSA) is 137 Å². The molecule has 5 heterocycles. The molecule has 0 bridgehead atoms. The van der Waals surface area contributed by atoms with Crippen LogP contribution in [0.2, 0.25) is 0 Å². The standard InChI is InChI=1S/C46H56N8O5/c1-50(2)20-21-51(31-44(56)54-19-16-37-35-11-4-6-13-39(35)46(58)49-42(37)30-54)17-14-32-8-7-9-33(26-32)40(28-52-22-24-59-25-23-52)47-27-43(55)53-18-15-36-34-10-3-5-12-38(34)45(57)48-41(36)29-53/h3-13,26,40,47H,14-25,27-31H2,1-2H3,(H,48,57)(H,49,58). The number of fused-ring (bicyclic) bond motifs is 6. The van der Waals surface area contributed by atoms with Crippen LogP contribution in [0.3, 0.4) is 0 Å². The van der Waals surface area contributed by atoms with Crippen LogP contribution in [-0.2, 0) is 46.7 Å². The van der Waals surface area contributed by atoms with Gasteiger partial charge in [0.25, 0.3) is 11.1 Å². The van der Waals surface area contributed by atoms with Crippen molar-refractivity contribution in [1.82, 2.24) is 39.8 Å². The number of hydrogen-bond acceptors (Lipinski definition) is 9. The lowest BCUT2D eigenvalue weighted by atomic mass is 9.98. The Morgan fingerprint density at radius 3 is 1.93 bits per heavy atom. The second-order valence-corrected chi connectivity index (χ2v) is 16.5. The first-order valence-electron chi connectivity index (χ1n) is 21.0. The molecule has 3 N–H and O–H groups in total. The lowest BCUT2D eigenvalue weighted by molar-refractivity contribution is -0.133. The average molecular weight is 801 g/mol. The molecule has 0 radical (unpaired) electrons. The van der Waals surface area contributed by atoms with Crippen molar-refractivity contribution in [2.75, 3.05) is 92.8 Å². The number of amides is 2. The number of nitrogens with zero attached hydrogens (tertiary/aromatic N) is 5. The van der Waals surface area contributed by atoms with Crippen LogP contribution in [-0.4, -0.2) is 139 Å². The lowest BCUT2D eigenvalue weighted by Gasteiger charge is -2.33. The van der Waals surface area contributed by atoms with Crippen molar-refractivity contribution in [3.63, 3.8) is 0 Å². The molecule has 1 unspecified atom stereocenters. The minimum atomic E-state index is -0.120. The summed E-state index contributed by atoms with van der Waals surface area (Å²) in [6.07, 6.45) is 2.16. The van der Waals surface area contributed by atoms with Gasteiger partial charge in [-0.1, -0.05) is 60.7 Å². The molecule has 3 aliphatic rings. The number of H-pyrrole nitrogens is 2. The molecule has 310 valence electrons. The third kappa shape index (κ3) is 9.50. The van der Waals surface area contributed by atoms with Crippen molar-refractivity contribution in [2.24, 2.45) is 0 Å². The van der Waals surface area contributed by atoms with Gasteiger partial charge in [-0.15, -0.1) is 0 Å². The summed E-state index contributed by atoms with van der Waals surface area (Å²) < 4.78 is 5.64. The number of aromatic nitrogens is 2. The highest BCUT2D eigenvalue weighted by Crippen LogP contribution is 2.26. The van der Waals surface area contributed by atoms with E-state index >= 15 is 0 Å². The van der Waals surface area contributed by atoms with Crippen LogP contribution in [0.15, 0.2) is 82.4 Å². The van der Waals surface area contributed by atoms with Crippen LogP contribution in [0.25, 0.3) is 21.5 Å². The number of pyridine rings is 2. The lowest BCUT2D eigenvalue weighted by Crippen LogP contribution is -2.46. The Balaban J connectivity index is 0.925. The second kappa shape index (κ2) is 18.4. The van der Waals surface area contributed by atoms with E-state index in [0.29, 0.717) is 76.1 Å². The zero-order valence-electron chi connectivity index (χ0n) is 34.3. The summed E-state index contributed by atoms with van der Waals surface area (Å²) >= 11 is 0. The Labute approximate surface area is 344 Å². The summed E-state index contributed by atoms with van der Waals surface area (Å²) in [4.78, 5) is 69.9. The molecule has 2 amide bonds. The van der Waals surface area contributed by atoms with E-state index in [9.17, 15) is 19.2 Å². The molecule has 3 aliphatic heterocycles. The van der Waals surface area contributed by atoms with Gasteiger partial charge in [-0.25, -0.2) is 0 Å². The quantitative estimate of drug-likeness (QED) is 0.155. The maximum atomic E-state index is 13.8. The number of morpholine rings is 1. The van der Waals surface area contributed by atoms with Crippen molar-refractivity contribution in [3.05, 3.63) is 127 Å². The molecular formula is C46H56N8O5. The molecule has 13 nitrogen and oxygen atoms in total. The molecule has 1 atom stereocenters.